The molecule has 1 aromatic rings. The van der Waals surface area contributed by atoms with E-state index in [1.54, 1.807) is 12.3 Å². The zero-order valence-electron chi connectivity index (χ0n) is 7.38. The van der Waals surface area contributed by atoms with E-state index in [1.165, 1.54) is 6.20 Å². The monoisotopic (exact) mass is 198 g/mol. The van der Waals surface area contributed by atoms with Crippen LogP contribution in [-0.2, 0) is 4.79 Å². The predicted octanol–water partition coefficient (Wildman–Crippen LogP) is 2.47. The Kier molecular flexibility index (Phi) is 3.71. The molecule has 70 valence electrons. The van der Waals surface area contributed by atoms with E-state index in [2.05, 4.69) is 10.3 Å². The summed E-state index contributed by atoms with van der Waals surface area (Å²) < 4.78 is 0. The maximum atomic E-state index is 11.2. The van der Waals surface area contributed by atoms with Gasteiger partial charge in [0.25, 0.3) is 0 Å². The van der Waals surface area contributed by atoms with Crippen LogP contribution >= 0.6 is 11.6 Å². The average Bonchev–Trinajstić information content (AvgIpc) is 2.09. The Morgan fingerprint density at radius 3 is 3.08 bits per heavy atom. The van der Waals surface area contributed by atoms with Gasteiger partial charge in [0.2, 0.25) is 5.91 Å². The van der Waals surface area contributed by atoms with Crippen molar-refractivity contribution in [3.05, 3.63) is 23.5 Å². The Hall–Kier alpha value is -1.09. The van der Waals surface area contributed by atoms with Gasteiger partial charge in [0, 0.05) is 12.6 Å². The Balaban J connectivity index is 2.63. The van der Waals surface area contributed by atoms with Gasteiger partial charge in [0.15, 0.2) is 0 Å². The Morgan fingerprint density at radius 2 is 2.46 bits per heavy atom. The molecule has 4 heteroatoms. The predicted molar refractivity (Wildman–Crippen MR) is 52.8 cm³/mol. The van der Waals surface area contributed by atoms with E-state index in [1.807, 2.05) is 6.92 Å². The fourth-order valence-corrected chi connectivity index (χ4v) is 1.06. The minimum Gasteiger partial charge on any atom is -0.324 e. The molecule has 0 atom stereocenters. The van der Waals surface area contributed by atoms with Gasteiger partial charge in [-0.05, 0) is 12.5 Å². The van der Waals surface area contributed by atoms with E-state index in [9.17, 15) is 4.79 Å². The third kappa shape index (κ3) is 3.03. The van der Waals surface area contributed by atoms with Crippen molar-refractivity contribution in [3.63, 3.8) is 0 Å². The van der Waals surface area contributed by atoms with Gasteiger partial charge in [-0.25, -0.2) is 0 Å². The normalized spacial score (nSPS) is 9.69. The Bertz CT molecular complexity index is 301. The minimum atomic E-state index is -0.0302. The molecule has 0 saturated carbocycles. The average molecular weight is 199 g/mol. The standard InChI is InChI=1S/C9H11ClN2O/c1-2-3-9(13)12-8-6-11-5-4-7(8)10/h4-6H,2-3H2,1H3,(H,12,13). The van der Waals surface area contributed by atoms with Crippen LogP contribution in [-0.4, -0.2) is 10.9 Å². The van der Waals surface area contributed by atoms with Crippen LogP contribution in [0, 0.1) is 0 Å². The SMILES string of the molecule is CCCC(=O)Nc1cnccc1Cl. The lowest BCUT2D eigenvalue weighted by atomic mass is 10.3. The molecule has 0 radical (unpaired) electrons. The van der Waals surface area contributed by atoms with Gasteiger partial charge in [-0.1, -0.05) is 18.5 Å². The largest absolute Gasteiger partial charge is 0.324 e. The van der Waals surface area contributed by atoms with Crippen LogP contribution < -0.4 is 5.32 Å². The molecule has 0 aliphatic carbocycles. The maximum Gasteiger partial charge on any atom is 0.224 e. The third-order valence-corrected chi connectivity index (χ3v) is 1.85. The van der Waals surface area contributed by atoms with Gasteiger partial charge in [-0.15, -0.1) is 0 Å². The van der Waals surface area contributed by atoms with E-state index >= 15 is 0 Å². The summed E-state index contributed by atoms with van der Waals surface area (Å²) in [4.78, 5) is 15.0. The summed E-state index contributed by atoms with van der Waals surface area (Å²) in [5.74, 6) is -0.0302. The Morgan fingerprint density at radius 1 is 1.69 bits per heavy atom. The lowest BCUT2D eigenvalue weighted by molar-refractivity contribution is -0.116. The summed E-state index contributed by atoms with van der Waals surface area (Å²) in [5.41, 5.74) is 0.572. The number of nitrogens with one attached hydrogen (secondary N) is 1. The lowest BCUT2D eigenvalue weighted by Gasteiger charge is -2.04. The van der Waals surface area contributed by atoms with E-state index in [0.29, 0.717) is 17.1 Å². The summed E-state index contributed by atoms with van der Waals surface area (Å²) in [7, 11) is 0. The number of nitrogens with zero attached hydrogens (tertiary/aromatic N) is 1. The van der Waals surface area contributed by atoms with Crippen molar-refractivity contribution in [1.29, 1.82) is 0 Å². The number of hydrogen-bond donors (Lipinski definition) is 1. The highest BCUT2D eigenvalue weighted by Gasteiger charge is 2.03. The minimum absolute atomic E-state index is 0.0302. The third-order valence-electron chi connectivity index (χ3n) is 1.52. The molecule has 1 rings (SSSR count). The quantitative estimate of drug-likeness (QED) is 0.811. The van der Waals surface area contributed by atoms with Crippen LogP contribution in [0.2, 0.25) is 5.02 Å². The number of hydrogen-bond acceptors (Lipinski definition) is 2. The van der Waals surface area contributed by atoms with Gasteiger partial charge in [-0.2, -0.15) is 0 Å². The van der Waals surface area contributed by atoms with Gasteiger partial charge >= 0.3 is 0 Å². The van der Waals surface area contributed by atoms with Gasteiger partial charge in [0.1, 0.15) is 0 Å². The molecule has 0 spiro atoms. The van der Waals surface area contributed by atoms with Crippen LogP contribution in [0.15, 0.2) is 18.5 Å². The molecule has 13 heavy (non-hydrogen) atoms. The molecule has 1 N–H and O–H groups in total. The number of anilines is 1. The Labute approximate surface area is 82.1 Å². The van der Waals surface area contributed by atoms with Crippen molar-refractivity contribution in [2.45, 2.75) is 19.8 Å². The molecule has 1 aromatic heterocycles. The number of pyridine rings is 1. The molecule has 0 aromatic carbocycles. The van der Waals surface area contributed by atoms with Crippen molar-refractivity contribution in [2.24, 2.45) is 0 Å². The molecular weight excluding hydrogens is 188 g/mol. The van der Waals surface area contributed by atoms with Crippen LogP contribution in [0.1, 0.15) is 19.8 Å². The van der Waals surface area contributed by atoms with Crippen LogP contribution in [0.3, 0.4) is 0 Å². The van der Waals surface area contributed by atoms with Gasteiger partial charge in [-0.3, -0.25) is 9.78 Å². The van der Waals surface area contributed by atoms with Crippen LogP contribution in [0.5, 0.6) is 0 Å². The van der Waals surface area contributed by atoms with Crippen molar-refractivity contribution >= 4 is 23.2 Å². The van der Waals surface area contributed by atoms with Crippen LogP contribution in [0.25, 0.3) is 0 Å². The van der Waals surface area contributed by atoms with Crippen molar-refractivity contribution in [2.75, 3.05) is 5.32 Å². The molecule has 3 nitrogen and oxygen atoms in total. The molecule has 1 heterocycles. The number of carbonyl (C=O) groups is 1. The molecule has 0 bridgehead atoms. The highest BCUT2D eigenvalue weighted by Crippen LogP contribution is 2.19. The number of rotatable bonds is 3. The van der Waals surface area contributed by atoms with Crippen molar-refractivity contribution in [3.8, 4) is 0 Å². The van der Waals surface area contributed by atoms with Crippen molar-refractivity contribution in [1.82, 2.24) is 4.98 Å². The number of halogens is 1. The lowest BCUT2D eigenvalue weighted by Crippen LogP contribution is -2.10. The second-order valence-corrected chi connectivity index (χ2v) is 3.06. The zero-order chi connectivity index (χ0) is 9.68. The van der Waals surface area contributed by atoms with E-state index in [-0.39, 0.29) is 5.91 Å². The first-order valence-electron chi connectivity index (χ1n) is 4.13. The summed E-state index contributed by atoms with van der Waals surface area (Å²) >= 11 is 5.81. The maximum absolute atomic E-state index is 11.2. The highest BCUT2D eigenvalue weighted by molar-refractivity contribution is 6.33. The number of carbonyl (C=O) groups excluding carboxylic acids is 1. The van der Waals surface area contributed by atoms with Gasteiger partial charge < -0.3 is 5.32 Å². The molecular formula is C9H11ClN2O. The van der Waals surface area contributed by atoms with E-state index < -0.39 is 0 Å². The first-order valence-corrected chi connectivity index (χ1v) is 4.51. The second kappa shape index (κ2) is 4.82. The number of aromatic nitrogens is 1. The summed E-state index contributed by atoms with van der Waals surface area (Å²) in [6, 6.07) is 1.64. The topological polar surface area (TPSA) is 42.0 Å². The highest BCUT2D eigenvalue weighted by atomic mass is 35.5. The number of amides is 1. The molecule has 1 amide bonds. The molecule has 0 saturated heterocycles. The van der Waals surface area contributed by atoms with Crippen molar-refractivity contribution < 1.29 is 4.79 Å². The fraction of sp³-hybridized carbons (Fsp3) is 0.333. The molecule has 0 aliphatic rings. The van der Waals surface area contributed by atoms with Crippen LogP contribution in [0.4, 0.5) is 5.69 Å². The first kappa shape index (κ1) is 9.99. The van der Waals surface area contributed by atoms with E-state index in [4.69, 9.17) is 11.6 Å². The molecule has 0 unspecified atom stereocenters. The van der Waals surface area contributed by atoms with Gasteiger partial charge in [0.05, 0.1) is 16.9 Å². The smallest absolute Gasteiger partial charge is 0.224 e. The summed E-state index contributed by atoms with van der Waals surface area (Å²) in [6.45, 7) is 1.95. The molecule has 0 fully saturated rings. The summed E-state index contributed by atoms with van der Waals surface area (Å²) in [5, 5.41) is 3.19. The van der Waals surface area contributed by atoms with E-state index in [0.717, 1.165) is 6.42 Å². The zero-order valence-corrected chi connectivity index (χ0v) is 8.14. The fourth-order valence-electron chi connectivity index (χ4n) is 0.909. The molecule has 0 aliphatic heterocycles. The summed E-state index contributed by atoms with van der Waals surface area (Å²) in [6.07, 6.45) is 4.45. The second-order valence-electron chi connectivity index (χ2n) is 2.65. The first-order chi connectivity index (χ1) is 6.24.